The molecule has 1 aromatic carbocycles. The molecule has 5 heteroatoms. The first-order chi connectivity index (χ1) is 8.57. The molecule has 0 atom stereocenters. The third-order valence-electron chi connectivity index (χ3n) is 2.50. The summed E-state index contributed by atoms with van der Waals surface area (Å²) in [6.45, 7) is 0.389. The monoisotopic (exact) mass is 255 g/mol. The topological polar surface area (TPSA) is 25.2 Å². The number of furan rings is 1. The number of alkyl halides is 3. The van der Waals surface area contributed by atoms with E-state index >= 15 is 0 Å². The van der Waals surface area contributed by atoms with E-state index < -0.39 is 11.7 Å². The van der Waals surface area contributed by atoms with Crippen LogP contribution in [0.2, 0.25) is 0 Å². The van der Waals surface area contributed by atoms with Gasteiger partial charge in [-0.1, -0.05) is 12.1 Å². The number of hydrogen-bond acceptors (Lipinski definition) is 2. The van der Waals surface area contributed by atoms with Gasteiger partial charge in [0.25, 0.3) is 0 Å². The summed E-state index contributed by atoms with van der Waals surface area (Å²) in [5.74, 6) is 0.743. The number of benzene rings is 1. The lowest BCUT2D eigenvalue weighted by Gasteiger charge is -2.13. The average Bonchev–Trinajstić information content (AvgIpc) is 2.81. The standard InChI is InChI=1S/C13H12F3NO/c14-13(15,16)11-5-1-2-6-12(11)17-8-7-10-4-3-9-18-10/h1-6,9,17H,7-8H2. The van der Waals surface area contributed by atoms with Gasteiger partial charge in [0.1, 0.15) is 5.76 Å². The molecule has 0 aliphatic carbocycles. The fourth-order valence-electron chi connectivity index (χ4n) is 1.66. The SMILES string of the molecule is FC(F)(F)c1ccccc1NCCc1ccco1. The second kappa shape index (κ2) is 5.16. The summed E-state index contributed by atoms with van der Waals surface area (Å²) in [5, 5.41) is 2.78. The molecule has 0 aliphatic heterocycles. The van der Waals surface area contributed by atoms with Crippen LogP contribution < -0.4 is 5.32 Å². The second-order valence-electron chi connectivity index (χ2n) is 3.80. The summed E-state index contributed by atoms with van der Waals surface area (Å²) < 4.78 is 43.2. The molecule has 0 saturated carbocycles. The molecule has 0 saturated heterocycles. The maximum atomic E-state index is 12.7. The van der Waals surface area contributed by atoms with Crippen LogP contribution in [0.4, 0.5) is 18.9 Å². The van der Waals surface area contributed by atoms with Gasteiger partial charge in [-0.2, -0.15) is 13.2 Å². The highest BCUT2D eigenvalue weighted by atomic mass is 19.4. The average molecular weight is 255 g/mol. The van der Waals surface area contributed by atoms with Crippen LogP contribution in [0.5, 0.6) is 0 Å². The highest BCUT2D eigenvalue weighted by molar-refractivity contribution is 5.52. The lowest BCUT2D eigenvalue weighted by molar-refractivity contribution is -0.136. The molecule has 0 bridgehead atoms. The fraction of sp³-hybridized carbons (Fsp3) is 0.231. The van der Waals surface area contributed by atoms with Crippen molar-refractivity contribution >= 4 is 5.69 Å². The van der Waals surface area contributed by atoms with Gasteiger partial charge in [0.2, 0.25) is 0 Å². The molecule has 1 aromatic heterocycles. The first-order valence-electron chi connectivity index (χ1n) is 5.50. The Morgan fingerprint density at radius 3 is 2.50 bits per heavy atom. The molecule has 0 aliphatic rings. The second-order valence-corrected chi connectivity index (χ2v) is 3.80. The Morgan fingerprint density at radius 2 is 1.83 bits per heavy atom. The zero-order valence-electron chi connectivity index (χ0n) is 9.50. The van der Waals surface area contributed by atoms with Crippen LogP contribution in [0, 0.1) is 0 Å². The molecule has 0 unspecified atom stereocenters. The van der Waals surface area contributed by atoms with Gasteiger partial charge >= 0.3 is 6.18 Å². The number of halogens is 3. The molecule has 1 N–H and O–H groups in total. The van der Waals surface area contributed by atoms with Gasteiger partial charge in [0.05, 0.1) is 11.8 Å². The molecule has 2 aromatic rings. The molecule has 2 nitrogen and oxygen atoms in total. The molecule has 0 amide bonds. The van der Waals surface area contributed by atoms with E-state index in [2.05, 4.69) is 5.32 Å². The van der Waals surface area contributed by atoms with E-state index in [0.717, 1.165) is 11.8 Å². The van der Waals surface area contributed by atoms with Gasteiger partial charge in [0, 0.05) is 18.7 Å². The zero-order valence-corrected chi connectivity index (χ0v) is 9.50. The molecule has 1 heterocycles. The van der Waals surface area contributed by atoms with Crippen molar-refractivity contribution in [3.63, 3.8) is 0 Å². The number of anilines is 1. The maximum absolute atomic E-state index is 12.7. The summed E-state index contributed by atoms with van der Waals surface area (Å²) in [4.78, 5) is 0. The lowest BCUT2D eigenvalue weighted by Crippen LogP contribution is -2.12. The minimum Gasteiger partial charge on any atom is -0.469 e. The van der Waals surface area contributed by atoms with Crippen LogP contribution in [0.1, 0.15) is 11.3 Å². The number of rotatable bonds is 4. The summed E-state index contributed by atoms with van der Waals surface area (Å²) in [5.41, 5.74) is -0.555. The molecule has 0 spiro atoms. The largest absolute Gasteiger partial charge is 0.469 e. The maximum Gasteiger partial charge on any atom is 0.418 e. The van der Waals surface area contributed by atoms with Crippen molar-refractivity contribution in [1.29, 1.82) is 0 Å². The summed E-state index contributed by atoms with van der Waals surface area (Å²) >= 11 is 0. The van der Waals surface area contributed by atoms with Crippen molar-refractivity contribution < 1.29 is 17.6 Å². The minimum atomic E-state index is -4.34. The van der Waals surface area contributed by atoms with Crippen molar-refractivity contribution in [3.8, 4) is 0 Å². The molecule has 0 fully saturated rings. The molecular weight excluding hydrogens is 243 g/mol. The Hall–Kier alpha value is -1.91. The molecular formula is C13H12F3NO. The highest BCUT2D eigenvalue weighted by Crippen LogP contribution is 2.34. The van der Waals surface area contributed by atoms with E-state index in [1.54, 1.807) is 24.5 Å². The third-order valence-corrected chi connectivity index (χ3v) is 2.50. The molecule has 96 valence electrons. The van der Waals surface area contributed by atoms with Gasteiger partial charge in [0.15, 0.2) is 0 Å². The smallest absolute Gasteiger partial charge is 0.418 e. The first-order valence-corrected chi connectivity index (χ1v) is 5.50. The third kappa shape index (κ3) is 3.06. The normalized spacial score (nSPS) is 11.5. The van der Waals surface area contributed by atoms with Crippen molar-refractivity contribution in [1.82, 2.24) is 0 Å². The quantitative estimate of drug-likeness (QED) is 0.894. The van der Waals surface area contributed by atoms with Crippen LogP contribution in [0.15, 0.2) is 47.1 Å². The van der Waals surface area contributed by atoms with Crippen LogP contribution in [0.25, 0.3) is 0 Å². The Morgan fingerprint density at radius 1 is 1.06 bits per heavy atom. The first kappa shape index (κ1) is 12.5. The number of nitrogens with one attached hydrogen (secondary N) is 1. The van der Waals surface area contributed by atoms with Crippen LogP contribution in [-0.2, 0) is 12.6 Å². The Balaban J connectivity index is 2.01. The Kier molecular flexibility index (Phi) is 3.60. The van der Waals surface area contributed by atoms with Gasteiger partial charge in [-0.05, 0) is 24.3 Å². The van der Waals surface area contributed by atoms with Crippen LogP contribution >= 0.6 is 0 Å². The minimum absolute atomic E-state index is 0.0940. The van der Waals surface area contributed by atoms with Gasteiger partial charge < -0.3 is 9.73 Å². The predicted octanol–water partition coefficient (Wildman–Crippen LogP) is 3.95. The number of hydrogen-bond donors (Lipinski definition) is 1. The van der Waals surface area contributed by atoms with Gasteiger partial charge in [-0.25, -0.2) is 0 Å². The predicted molar refractivity (Wildman–Crippen MR) is 62.3 cm³/mol. The van der Waals surface area contributed by atoms with E-state index in [0.29, 0.717) is 13.0 Å². The summed E-state index contributed by atoms with van der Waals surface area (Å²) in [7, 11) is 0. The molecule has 0 radical (unpaired) electrons. The molecule has 18 heavy (non-hydrogen) atoms. The van der Waals surface area contributed by atoms with E-state index in [1.807, 2.05) is 0 Å². The highest BCUT2D eigenvalue weighted by Gasteiger charge is 2.32. The van der Waals surface area contributed by atoms with Gasteiger partial charge in [-0.3, -0.25) is 0 Å². The summed E-state index contributed by atoms with van der Waals surface area (Å²) in [6.07, 6.45) is -2.26. The van der Waals surface area contributed by atoms with Crippen LogP contribution in [-0.4, -0.2) is 6.54 Å². The number of para-hydroxylation sites is 1. The van der Waals surface area contributed by atoms with Crippen molar-refractivity contribution in [2.45, 2.75) is 12.6 Å². The fourth-order valence-corrected chi connectivity index (χ4v) is 1.66. The lowest BCUT2D eigenvalue weighted by atomic mass is 10.1. The Bertz CT molecular complexity index is 491. The van der Waals surface area contributed by atoms with Crippen molar-refractivity contribution in [2.75, 3.05) is 11.9 Å². The van der Waals surface area contributed by atoms with E-state index in [-0.39, 0.29) is 5.69 Å². The summed E-state index contributed by atoms with van der Waals surface area (Å²) in [6, 6.07) is 8.97. The van der Waals surface area contributed by atoms with Crippen molar-refractivity contribution in [3.05, 3.63) is 54.0 Å². The van der Waals surface area contributed by atoms with Crippen molar-refractivity contribution in [2.24, 2.45) is 0 Å². The Labute approximate surface area is 102 Å². The van der Waals surface area contributed by atoms with E-state index in [9.17, 15) is 13.2 Å². The van der Waals surface area contributed by atoms with E-state index in [1.165, 1.54) is 12.1 Å². The van der Waals surface area contributed by atoms with Crippen LogP contribution in [0.3, 0.4) is 0 Å². The molecule has 2 rings (SSSR count). The van der Waals surface area contributed by atoms with Gasteiger partial charge in [-0.15, -0.1) is 0 Å². The van der Waals surface area contributed by atoms with E-state index in [4.69, 9.17) is 4.42 Å². The zero-order chi connectivity index (χ0) is 13.0.